The van der Waals surface area contributed by atoms with Crippen molar-refractivity contribution in [3.63, 3.8) is 0 Å². The van der Waals surface area contributed by atoms with Crippen molar-refractivity contribution in [1.29, 1.82) is 0 Å². The Kier molecular flexibility index (Phi) is 3.89. The van der Waals surface area contributed by atoms with Crippen LogP contribution in [0.15, 0.2) is 51.7 Å². The van der Waals surface area contributed by atoms with Gasteiger partial charge in [0.1, 0.15) is 17.1 Å². The van der Waals surface area contributed by atoms with Gasteiger partial charge in [0.25, 0.3) is 11.4 Å². The van der Waals surface area contributed by atoms with Crippen LogP contribution in [-0.2, 0) is 0 Å². The van der Waals surface area contributed by atoms with Gasteiger partial charge >= 0.3 is 0 Å². The molecule has 0 saturated carbocycles. The molecule has 0 fully saturated rings. The van der Waals surface area contributed by atoms with Gasteiger partial charge in [-0.15, -0.1) is 0 Å². The minimum atomic E-state index is -0.751. The first-order valence-electron chi connectivity index (χ1n) is 6.95. The molecule has 9 heteroatoms. The van der Waals surface area contributed by atoms with Crippen LogP contribution >= 0.6 is 0 Å². The number of benzene rings is 2. The molecule has 0 aliphatic carbocycles. The van der Waals surface area contributed by atoms with Gasteiger partial charge in [-0.2, -0.15) is 0 Å². The minimum Gasteiger partial charge on any atom is -0.497 e. The van der Waals surface area contributed by atoms with Gasteiger partial charge in [-0.25, -0.2) is 0 Å². The predicted octanol–water partition coefficient (Wildman–Crippen LogP) is 3.29. The maximum atomic E-state index is 12.2. The van der Waals surface area contributed by atoms with E-state index in [0.29, 0.717) is 11.1 Å². The Hall–Kier alpha value is -3.75. The number of methoxy groups -OCH3 is 1. The Morgan fingerprint density at radius 3 is 2.16 bits per heavy atom. The molecule has 0 unspecified atom stereocenters. The van der Waals surface area contributed by atoms with E-state index in [0.717, 1.165) is 24.3 Å². The van der Waals surface area contributed by atoms with Gasteiger partial charge in [-0.1, -0.05) is 0 Å². The van der Waals surface area contributed by atoms with Crippen LogP contribution in [0.2, 0.25) is 0 Å². The number of nitrogens with zero attached hydrogens (tertiary/aromatic N) is 2. The first-order valence-corrected chi connectivity index (χ1v) is 6.95. The molecule has 126 valence electrons. The molecular weight excluding hydrogens is 332 g/mol. The molecule has 0 atom stereocenters. The average Bonchev–Trinajstić information content (AvgIpc) is 2.60. The molecule has 0 saturated heterocycles. The second-order valence-corrected chi connectivity index (χ2v) is 5.09. The fraction of sp³-hybridized carbons (Fsp3) is 0.0625. The molecule has 9 nitrogen and oxygen atoms in total. The van der Waals surface area contributed by atoms with Crippen molar-refractivity contribution in [2.75, 3.05) is 7.11 Å². The van der Waals surface area contributed by atoms with E-state index in [-0.39, 0.29) is 22.3 Å². The Bertz CT molecular complexity index is 1040. The van der Waals surface area contributed by atoms with E-state index in [1.54, 1.807) is 6.07 Å². The third kappa shape index (κ3) is 3.02. The lowest BCUT2D eigenvalue weighted by Gasteiger charge is -2.05. The predicted molar refractivity (Wildman–Crippen MR) is 87.8 cm³/mol. The smallest absolute Gasteiger partial charge is 0.277 e. The van der Waals surface area contributed by atoms with Crippen LogP contribution in [0.5, 0.6) is 5.75 Å². The van der Waals surface area contributed by atoms with E-state index < -0.39 is 21.2 Å². The summed E-state index contributed by atoms with van der Waals surface area (Å²) in [6, 6.07) is 8.81. The van der Waals surface area contributed by atoms with Crippen molar-refractivity contribution in [2.45, 2.75) is 0 Å². The second kappa shape index (κ2) is 6.04. The van der Waals surface area contributed by atoms with Crippen LogP contribution in [-0.4, -0.2) is 17.0 Å². The summed E-state index contributed by atoms with van der Waals surface area (Å²) in [5.74, 6) is 0.440. The highest BCUT2D eigenvalue weighted by molar-refractivity contribution is 5.80. The maximum absolute atomic E-state index is 12.2. The molecule has 1 heterocycles. The highest BCUT2D eigenvalue weighted by atomic mass is 16.6. The normalized spacial score (nSPS) is 10.6. The lowest BCUT2D eigenvalue weighted by molar-refractivity contribution is -0.394. The third-order valence-electron chi connectivity index (χ3n) is 3.55. The summed E-state index contributed by atoms with van der Waals surface area (Å²) in [4.78, 5) is 32.7. The molecule has 25 heavy (non-hydrogen) atoms. The van der Waals surface area contributed by atoms with Crippen molar-refractivity contribution < 1.29 is 19.0 Å². The van der Waals surface area contributed by atoms with Crippen molar-refractivity contribution >= 4 is 22.3 Å². The lowest BCUT2D eigenvalue weighted by atomic mass is 10.1. The van der Waals surface area contributed by atoms with Gasteiger partial charge in [0, 0.05) is 29.8 Å². The number of fused-ring (bicyclic) bond motifs is 1. The van der Waals surface area contributed by atoms with Crippen LogP contribution < -0.4 is 10.2 Å². The molecule has 0 radical (unpaired) electrons. The molecule has 3 aromatic rings. The topological polar surface area (TPSA) is 126 Å². The Morgan fingerprint density at radius 1 is 0.960 bits per heavy atom. The summed E-state index contributed by atoms with van der Waals surface area (Å²) in [5.41, 5.74) is -1.07. The molecular formula is C16H10N2O7. The van der Waals surface area contributed by atoms with E-state index in [9.17, 15) is 25.0 Å². The van der Waals surface area contributed by atoms with Gasteiger partial charge in [-0.05, 0) is 12.1 Å². The van der Waals surface area contributed by atoms with Crippen molar-refractivity contribution in [3.05, 3.63) is 72.9 Å². The number of nitro benzene ring substituents is 2. The van der Waals surface area contributed by atoms with Crippen LogP contribution in [0.3, 0.4) is 0 Å². The van der Waals surface area contributed by atoms with E-state index in [1.807, 2.05) is 0 Å². The summed E-state index contributed by atoms with van der Waals surface area (Å²) in [6.45, 7) is 0. The number of non-ortho nitro benzene ring substituents is 2. The summed E-state index contributed by atoms with van der Waals surface area (Å²) >= 11 is 0. The zero-order valence-electron chi connectivity index (χ0n) is 12.8. The molecule has 3 rings (SSSR count). The highest BCUT2D eigenvalue weighted by Gasteiger charge is 2.19. The molecule has 0 aliphatic rings. The summed E-state index contributed by atoms with van der Waals surface area (Å²) in [7, 11) is 1.45. The summed E-state index contributed by atoms with van der Waals surface area (Å²) in [6.07, 6.45) is 0. The summed E-state index contributed by atoms with van der Waals surface area (Å²) < 4.78 is 10.7. The monoisotopic (exact) mass is 342 g/mol. The van der Waals surface area contributed by atoms with Gasteiger partial charge < -0.3 is 9.15 Å². The zero-order valence-corrected chi connectivity index (χ0v) is 12.8. The van der Waals surface area contributed by atoms with Gasteiger partial charge in [0.15, 0.2) is 5.43 Å². The third-order valence-corrected chi connectivity index (χ3v) is 3.55. The summed E-state index contributed by atoms with van der Waals surface area (Å²) in [5, 5.41) is 22.3. The van der Waals surface area contributed by atoms with Crippen LogP contribution in [0, 0.1) is 20.2 Å². The highest BCUT2D eigenvalue weighted by Crippen LogP contribution is 2.31. The van der Waals surface area contributed by atoms with Gasteiger partial charge in [-0.3, -0.25) is 25.0 Å². The largest absolute Gasteiger partial charge is 0.497 e. The van der Waals surface area contributed by atoms with Crippen molar-refractivity contribution in [3.8, 4) is 17.1 Å². The first-order chi connectivity index (χ1) is 11.9. The van der Waals surface area contributed by atoms with E-state index in [1.165, 1.54) is 19.2 Å². The van der Waals surface area contributed by atoms with Crippen molar-refractivity contribution in [1.82, 2.24) is 0 Å². The maximum Gasteiger partial charge on any atom is 0.277 e. The number of hydrogen-bond donors (Lipinski definition) is 0. The molecule has 0 N–H and O–H groups in total. The van der Waals surface area contributed by atoms with Crippen molar-refractivity contribution in [2.24, 2.45) is 0 Å². The van der Waals surface area contributed by atoms with Gasteiger partial charge in [0.05, 0.1) is 28.4 Å². The fourth-order valence-corrected chi connectivity index (χ4v) is 2.35. The van der Waals surface area contributed by atoms with E-state index in [2.05, 4.69) is 0 Å². The van der Waals surface area contributed by atoms with Gasteiger partial charge in [0.2, 0.25) is 0 Å². The molecule has 0 spiro atoms. The lowest BCUT2D eigenvalue weighted by Crippen LogP contribution is -2.01. The second-order valence-electron chi connectivity index (χ2n) is 5.09. The number of hydrogen-bond acceptors (Lipinski definition) is 7. The standard InChI is InChI=1S/C16H10N2O7/c1-24-12-2-3-13-14(19)8-15(25-16(13)7-12)9-4-10(17(20)21)6-11(5-9)18(22)23/h2-8H,1H3. The Morgan fingerprint density at radius 2 is 1.60 bits per heavy atom. The first kappa shape index (κ1) is 16.1. The Labute approximate surface area is 139 Å². The quantitative estimate of drug-likeness (QED) is 0.526. The molecule has 0 aliphatic heterocycles. The molecule has 0 bridgehead atoms. The van der Waals surface area contributed by atoms with E-state index >= 15 is 0 Å². The minimum absolute atomic E-state index is 0.0162. The Balaban J connectivity index is 2.26. The number of nitro groups is 2. The van der Waals surface area contributed by atoms with Crippen LogP contribution in [0.1, 0.15) is 0 Å². The molecule has 1 aromatic heterocycles. The number of rotatable bonds is 4. The zero-order chi connectivity index (χ0) is 18.1. The van der Waals surface area contributed by atoms with Crippen LogP contribution in [0.4, 0.5) is 11.4 Å². The SMILES string of the molecule is COc1ccc2c(=O)cc(-c3cc([N+](=O)[O-])cc([N+](=O)[O-])c3)oc2c1. The molecule has 0 amide bonds. The van der Waals surface area contributed by atoms with Crippen LogP contribution in [0.25, 0.3) is 22.3 Å². The average molecular weight is 342 g/mol. The fourth-order valence-electron chi connectivity index (χ4n) is 2.35. The number of ether oxygens (including phenoxy) is 1. The molecule has 2 aromatic carbocycles. The van der Waals surface area contributed by atoms with E-state index in [4.69, 9.17) is 9.15 Å².